The summed E-state index contributed by atoms with van der Waals surface area (Å²) in [6.07, 6.45) is 7.11. The van der Waals surface area contributed by atoms with Crippen LogP contribution in [-0.4, -0.2) is 36.0 Å². The molecule has 1 heterocycles. The van der Waals surface area contributed by atoms with Crippen LogP contribution in [0.2, 0.25) is 0 Å². The van der Waals surface area contributed by atoms with E-state index in [1.54, 1.807) is 17.0 Å². The number of likely N-dealkylation sites (tertiary alicyclic amines) is 1. The van der Waals surface area contributed by atoms with E-state index >= 15 is 0 Å². The summed E-state index contributed by atoms with van der Waals surface area (Å²) in [5.74, 6) is 0.0626. The molecule has 1 saturated carbocycles. The van der Waals surface area contributed by atoms with E-state index in [4.69, 9.17) is 0 Å². The summed E-state index contributed by atoms with van der Waals surface area (Å²) in [5.41, 5.74) is 0.748. The van der Waals surface area contributed by atoms with Gasteiger partial charge in [-0.05, 0) is 50.3 Å². The summed E-state index contributed by atoms with van der Waals surface area (Å²) in [4.78, 5) is 26.6. The van der Waals surface area contributed by atoms with Crippen LogP contribution in [-0.2, 0) is 4.79 Å². The standard InChI is InChI=1S/C21H30FN3O2/c1-15(17-8-5-9-18(22)14-17)23-21(27)25-12-10-19(11-13-25)24-20(26)16-6-3-2-4-7-16/h5,8-9,14-16,19H,2-4,6-7,10-13H2,1H3,(H,23,27)(H,24,26)/t15-/m0/s1. The minimum Gasteiger partial charge on any atom is -0.353 e. The molecule has 1 aromatic carbocycles. The largest absolute Gasteiger partial charge is 0.353 e. The van der Waals surface area contributed by atoms with Crippen LogP contribution in [0, 0.1) is 11.7 Å². The molecule has 1 aliphatic carbocycles. The molecule has 1 aliphatic heterocycles. The molecule has 2 fully saturated rings. The van der Waals surface area contributed by atoms with Crippen LogP contribution in [0.5, 0.6) is 0 Å². The van der Waals surface area contributed by atoms with Gasteiger partial charge in [0.1, 0.15) is 5.82 Å². The summed E-state index contributed by atoms with van der Waals surface area (Å²) in [6.45, 7) is 3.10. The molecular formula is C21H30FN3O2. The van der Waals surface area contributed by atoms with Gasteiger partial charge >= 0.3 is 6.03 Å². The van der Waals surface area contributed by atoms with Gasteiger partial charge in [-0.25, -0.2) is 9.18 Å². The van der Waals surface area contributed by atoms with Crippen LogP contribution in [0.15, 0.2) is 24.3 Å². The SMILES string of the molecule is C[C@H](NC(=O)N1CCC(NC(=O)C2CCCCC2)CC1)c1cccc(F)c1. The number of piperidine rings is 1. The van der Waals surface area contributed by atoms with Crippen LogP contribution in [0.1, 0.15) is 63.5 Å². The Bertz CT molecular complexity index is 653. The quantitative estimate of drug-likeness (QED) is 0.842. The molecular weight excluding hydrogens is 345 g/mol. The Labute approximate surface area is 160 Å². The number of nitrogens with one attached hydrogen (secondary N) is 2. The lowest BCUT2D eigenvalue weighted by Gasteiger charge is -2.34. The molecule has 1 saturated heterocycles. The van der Waals surface area contributed by atoms with E-state index in [1.807, 2.05) is 6.92 Å². The summed E-state index contributed by atoms with van der Waals surface area (Å²) in [6, 6.07) is 6.06. The fourth-order valence-corrected chi connectivity index (χ4v) is 4.05. The molecule has 0 aromatic heterocycles. The van der Waals surface area contributed by atoms with Crippen LogP contribution >= 0.6 is 0 Å². The molecule has 0 spiro atoms. The first-order valence-electron chi connectivity index (χ1n) is 10.1. The Morgan fingerprint density at radius 2 is 1.81 bits per heavy atom. The van der Waals surface area contributed by atoms with E-state index < -0.39 is 0 Å². The molecule has 1 atom stereocenters. The lowest BCUT2D eigenvalue weighted by atomic mass is 9.88. The molecule has 5 nitrogen and oxygen atoms in total. The van der Waals surface area contributed by atoms with Crippen molar-refractivity contribution in [3.8, 4) is 0 Å². The lowest BCUT2D eigenvalue weighted by Crippen LogP contribution is -2.50. The van der Waals surface area contributed by atoms with Crippen molar-refractivity contribution in [1.29, 1.82) is 0 Å². The molecule has 1 aromatic rings. The molecule has 2 aliphatic rings. The summed E-state index contributed by atoms with van der Waals surface area (Å²) < 4.78 is 13.3. The third-order valence-corrected chi connectivity index (χ3v) is 5.79. The molecule has 0 radical (unpaired) electrons. The number of carbonyl (C=O) groups excluding carboxylic acids is 2. The average Bonchev–Trinajstić information content (AvgIpc) is 2.69. The van der Waals surface area contributed by atoms with Crippen LogP contribution in [0.3, 0.4) is 0 Å². The zero-order valence-electron chi connectivity index (χ0n) is 16.0. The number of hydrogen-bond donors (Lipinski definition) is 2. The van der Waals surface area contributed by atoms with Gasteiger partial charge in [0.05, 0.1) is 6.04 Å². The van der Waals surface area contributed by atoms with Crippen LogP contribution in [0.25, 0.3) is 0 Å². The molecule has 0 unspecified atom stereocenters. The predicted molar refractivity (Wildman–Crippen MR) is 103 cm³/mol. The Kier molecular flexibility index (Phi) is 6.69. The minimum absolute atomic E-state index is 0.135. The van der Waals surface area contributed by atoms with Gasteiger partial charge in [0.25, 0.3) is 0 Å². The third-order valence-electron chi connectivity index (χ3n) is 5.79. The number of carbonyl (C=O) groups is 2. The number of rotatable bonds is 4. The molecule has 2 N–H and O–H groups in total. The van der Waals surface area contributed by atoms with Crippen molar-refractivity contribution >= 4 is 11.9 Å². The van der Waals surface area contributed by atoms with Gasteiger partial charge < -0.3 is 15.5 Å². The highest BCUT2D eigenvalue weighted by Crippen LogP contribution is 2.24. The Morgan fingerprint density at radius 3 is 2.48 bits per heavy atom. The molecule has 27 heavy (non-hydrogen) atoms. The Hall–Kier alpha value is -2.11. The Morgan fingerprint density at radius 1 is 1.11 bits per heavy atom. The second-order valence-corrected chi connectivity index (χ2v) is 7.83. The van der Waals surface area contributed by atoms with Crippen LogP contribution in [0.4, 0.5) is 9.18 Å². The number of benzene rings is 1. The van der Waals surface area contributed by atoms with E-state index in [1.165, 1.54) is 18.6 Å². The van der Waals surface area contributed by atoms with Crippen molar-refractivity contribution in [2.24, 2.45) is 5.92 Å². The van der Waals surface area contributed by atoms with Gasteiger partial charge in [-0.1, -0.05) is 31.4 Å². The number of hydrogen-bond acceptors (Lipinski definition) is 2. The second-order valence-electron chi connectivity index (χ2n) is 7.83. The molecule has 0 bridgehead atoms. The fourth-order valence-electron chi connectivity index (χ4n) is 4.05. The van der Waals surface area contributed by atoms with E-state index in [-0.39, 0.29) is 35.8 Å². The van der Waals surface area contributed by atoms with Crippen LogP contribution < -0.4 is 10.6 Å². The van der Waals surface area contributed by atoms with Gasteiger partial charge in [-0.15, -0.1) is 0 Å². The predicted octanol–water partition coefficient (Wildman–Crippen LogP) is 3.76. The molecule has 148 valence electrons. The first kappa shape index (κ1) is 19.6. The molecule has 3 rings (SSSR count). The van der Waals surface area contributed by atoms with Crippen molar-refractivity contribution in [2.75, 3.05) is 13.1 Å². The van der Waals surface area contributed by atoms with Crippen molar-refractivity contribution in [1.82, 2.24) is 15.5 Å². The first-order chi connectivity index (χ1) is 13.0. The van der Waals surface area contributed by atoms with Crippen molar-refractivity contribution in [3.05, 3.63) is 35.6 Å². The van der Waals surface area contributed by atoms with Crippen molar-refractivity contribution in [2.45, 2.75) is 64.0 Å². The summed E-state index contributed by atoms with van der Waals surface area (Å²) in [7, 11) is 0. The number of halogens is 1. The highest BCUT2D eigenvalue weighted by molar-refractivity contribution is 5.79. The first-order valence-corrected chi connectivity index (χ1v) is 10.1. The van der Waals surface area contributed by atoms with Crippen molar-refractivity contribution < 1.29 is 14.0 Å². The second kappa shape index (κ2) is 9.20. The molecule has 3 amide bonds. The number of urea groups is 1. The summed E-state index contributed by atoms with van der Waals surface area (Å²) >= 11 is 0. The smallest absolute Gasteiger partial charge is 0.317 e. The Balaban J connectivity index is 1.43. The van der Waals surface area contributed by atoms with Crippen molar-refractivity contribution in [3.63, 3.8) is 0 Å². The van der Waals surface area contributed by atoms with Gasteiger partial charge in [0, 0.05) is 25.0 Å². The maximum atomic E-state index is 13.3. The maximum Gasteiger partial charge on any atom is 0.317 e. The zero-order valence-corrected chi connectivity index (χ0v) is 16.0. The zero-order chi connectivity index (χ0) is 19.2. The van der Waals surface area contributed by atoms with E-state index in [2.05, 4.69) is 10.6 Å². The van der Waals surface area contributed by atoms with Gasteiger partial charge in [-0.2, -0.15) is 0 Å². The fraction of sp³-hybridized carbons (Fsp3) is 0.619. The van der Waals surface area contributed by atoms with E-state index in [0.717, 1.165) is 44.1 Å². The average molecular weight is 375 g/mol. The minimum atomic E-state index is -0.303. The van der Waals surface area contributed by atoms with Gasteiger partial charge in [0.2, 0.25) is 5.91 Å². The topological polar surface area (TPSA) is 61.4 Å². The van der Waals surface area contributed by atoms with E-state index in [9.17, 15) is 14.0 Å². The summed E-state index contributed by atoms with van der Waals surface area (Å²) in [5, 5.41) is 6.12. The highest BCUT2D eigenvalue weighted by Gasteiger charge is 2.27. The monoisotopic (exact) mass is 375 g/mol. The number of amides is 3. The van der Waals surface area contributed by atoms with Gasteiger partial charge in [0.15, 0.2) is 0 Å². The van der Waals surface area contributed by atoms with E-state index in [0.29, 0.717) is 13.1 Å². The number of nitrogens with zero attached hydrogens (tertiary/aromatic N) is 1. The normalized spacial score (nSPS) is 20.1. The third kappa shape index (κ3) is 5.44. The highest BCUT2D eigenvalue weighted by atomic mass is 19.1. The molecule has 6 heteroatoms. The lowest BCUT2D eigenvalue weighted by molar-refractivity contribution is -0.126. The maximum absolute atomic E-state index is 13.3. The van der Waals surface area contributed by atoms with Gasteiger partial charge in [-0.3, -0.25) is 4.79 Å².